The molecule has 0 saturated carbocycles. The molecule has 1 fully saturated rings. The number of nitrogens with zero attached hydrogens (tertiary/aromatic N) is 1. The number of aliphatic hydroxyl groups excluding tert-OH is 1. The minimum absolute atomic E-state index is 0.140. The van der Waals surface area contributed by atoms with Crippen molar-refractivity contribution in [1.29, 1.82) is 0 Å². The predicted octanol–water partition coefficient (Wildman–Crippen LogP) is 4.81. The van der Waals surface area contributed by atoms with E-state index in [1.807, 2.05) is 23.9 Å². The number of rotatable bonds is 11. The molecular weight excluding hydrogens is 430 g/mol. The van der Waals surface area contributed by atoms with Crippen molar-refractivity contribution in [2.45, 2.75) is 31.8 Å². The molecule has 2 aromatic carbocycles. The first-order valence-corrected chi connectivity index (χ1v) is 12.7. The third kappa shape index (κ3) is 7.31. The molecule has 1 N–H and O–H groups in total. The molecule has 1 atom stereocenters. The number of ether oxygens (including phenoxy) is 2. The summed E-state index contributed by atoms with van der Waals surface area (Å²) in [5.74, 6) is 4.34. The smallest absolute Gasteiger partial charge is 0.119 e. The van der Waals surface area contributed by atoms with Crippen molar-refractivity contribution in [3.8, 4) is 11.5 Å². The fourth-order valence-corrected chi connectivity index (χ4v) is 4.71. The highest BCUT2D eigenvalue weighted by Crippen LogP contribution is 2.33. The van der Waals surface area contributed by atoms with Crippen molar-refractivity contribution in [3.05, 3.63) is 59.7 Å². The van der Waals surface area contributed by atoms with Crippen molar-refractivity contribution >= 4 is 23.4 Å². The molecule has 4 nitrogen and oxygen atoms in total. The zero-order valence-corrected chi connectivity index (χ0v) is 20.1. The van der Waals surface area contributed by atoms with Gasteiger partial charge < -0.3 is 19.5 Å². The third-order valence-electron chi connectivity index (χ3n) is 5.76. The number of benzene rings is 2. The molecule has 1 unspecified atom stereocenters. The van der Waals surface area contributed by atoms with Crippen LogP contribution in [-0.2, 0) is 5.41 Å². The van der Waals surface area contributed by atoms with Crippen LogP contribution in [0.25, 0.3) is 0 Å². The quantitative estimate of drug-likeness (QED) is 0.382. The lowest BCUT2D eigenvalue weighted by molar-refractivity contribution is 0.125. The zero-order chi connectivity index (χ0) is 22.1. The standard InChI is InChI=1S/C25H34ClNO3S/c1-25(2,21-6-10-24(11-7-21)30-19-22(28)18-26)20-4-8-23(9-5-20)29-15-3-12-27-13-16-31-17-14-27/h4-11,22,28H,3,12-19H2,1-2H3. The highest BCUT2D eigenvalue weighted by Gasteiger charge is 2.23. The van der Waals surface area contributed by atoms with Crippen LogP contribution in [0.1, 0.15) is 31.4 Å². The van der Waals surface area contributed by atoms with Crippen molar-refractivity contribution < 1.29 is 14.6 Å². The Kier molecular flexibility index (Phi) is 9.39. The highest BCUT2D eigenvalue weighted by atomic mass is 35.5. The minimum atomic E-state index is -0.651. The topological polar surface area (TPSA) is 41.9 Å². The Morgan fingerprint density at radius 1 is 0.968 bits per heavy atom. The molecule has 0 bridgehead atoms. The van der Waals surface area contributed by atoms with E-state index in [9.17, 15) is 5.11 Å². The Hall–Kier alpha value is -1.40. The second-order valence-electron chi connectivity index (χ2n) is 8.45. The minimum Gasteiger partial charge on any atom is -0.494 e. The summed E-state index contributed by atoms with van der Waals surface area (Å²) in [5.41, 5.74) is 2.29. The Morgan fingerprint density at radius 3 is 2.06 bits per heavy atom. The number of hydrogen-bond donors (Lipinski definition) is 1. The monoisotopic (exact) mass is 463 g/mol. The summed E-state index contributed by atoms with van der Waals surface area (Å²) in [7, 11) is 0. The first-order valence-electron chi connectivity index (χ1n) is 11.0. The number of aliphatic hydroxyl groups is 1. The van der Waals surface area contributed by atoms with Gasteiger partial charge in [0.05, 0.1) is 12.5 Å². The van der Waals surface area contributed by atoms with Crippen LogP contribution in [0.3, 0.4) is 0 Å². The molecule has 3 rings (SSSR count). The summed E-state index contributed by atoms with van der Waals surface area (Å²) < 4.78 is 11.5. The Morgan fingerprint density at radius 2 is 1.52 bits per heavy atom. The molecule has 1 aliphatic rings. The third-order valence-corrected chi connectivity index (χ3v) is 7.06. The SMILES string of the molecule is CC(C)(c1ccc(OCCCN2CCSCC2)cc1)c1ccc(OCC(O)CCl)cc1. The van der Waals surface area contributed by atoms with Crippen molar-refractivity contribution in [1.82, 2.24) is 4.90 Å². The lowest BCUT2D eigenvalue weighted by Gasteiger charge is -2.27. The van der Waals surface area contributed by atoms with Gasteiger partial charge in [-0.2, -0.15) is 11.8 Å². The maximum absolute atomic E-state index is 9.53. The van der Waals surface area contributed by atoms with E-state index in [1.54, 1.807) is 0 Å². The molecule has 2 aromatic rings. The second kappa shape index (κ2) is 12.0. The molecular formula is C25H34ClNO3S. The van der Waals surface area contributed by atoms with Crippen LogP contribution in [-0.4, -0.2) is 66.3 Å². The molecule has 1 aliphatic heterocycles. The summed E-state index contributed by atoms with van der Waals surface area (Å²) in [4.78, 5) is 2.53. The van der Waals surface area contributed by atoms with Crippen LogP contribution in [0.2, 0.25) is 0 Å². The first-order chi connectivity index (χ1) is 15.0. The molecule has 1 heterocycles. The van der Waals surface area contributed by atoms with Gasteiger partial charge >= 0.3 is 0 Å². The molecule has 6 heteroatoms. The summed E-state index contributed by atoms with van der Waals surface area (Å²) in [6, 6.07) is 16.5. The van der Waals surface area contributed by atoms with Gasteiger partial charge in [-0.3, -0.25) is 0 Å². The van der Waals surface area contributed by atoms with Crippen LogP contribution in [0.15, 0.2) is 48.5 Å². The zero-order valence-electron chi connectivity index (χ0n) is 18.6. The number of alkyl halides is 1. The van der Waals surface area contributed by atoms with E-state index < -0.39 is 6.10 Å². The Balaban J connectivity index is 1.50. The maximum Gasteiger partial charge on any atom is 0.119 e. The summed E-state index contributed by atoms with van der Waals surface area (Å²) in [6.07, 6.45) is 0.413. The highest BCUT2D eigenvalue weighted by molar-refractivity contribution is 7.99. The van der Waals surface area contributed by atoms with E-state index in [1.165, 1.54) is 35.7 Å². The van der Waals surface area contributed by atoms with E-state index in [0.29, 0.717) is 0 Å². The van der Waals surface area contributed by atoms with Crippen molar-refractivity contribution in [2.24, 2.45) is 0 Å². The molecule has 170 valence electrons. The fraction of sp³-hybridized carbons (Fsp3) is 0.520. The van der Waals surface area contributed by atoms with Gasteiger partial charge in [-0.15, -0.1) is 11.6 Å². The number of halogens is 1. The summed E-state index contributed by atoms with van der Waals surface area (Å²) >= 11 is 7.66. The summed E-state index contributed by atoms with van der Waals surface area (Å²) in [6.45, 7) is 8.92. The van der Waals surface area contributed by atoms with Gasteiger partial charge in [0.25, 0.3) is 0 Å². The molecule has 0 aliphatic carbocycles. The van der Waals surface area contributed by atoms with Gasteiger partial charge in [0.2, 0.25) is 0 Å². The van der Waals surface area contributed by atoms with Gasteiger partial charge in [-0.25, -0.2) is 0 Å². The van der Waals surface area contributed by atoms with Gasteiger partial charge in [-0.05, 0) is 41.8 Å². The molecule has 0 spiro atoms. The Labute approximate surface area is 195 Å². The van der Waals surface area contributed by atoms with Crippen LogP contribution in [0.4, 0.5) is 0 Å². The van der Waals surface area contributed by atoms with Crippen molar-refractivity contribution in [2.75, 3.05) is 50.2 Å². The molecule has 0 radical (unpaired) electrons. The van der Waals surface area contributed by atoms with Crippen LogP contribution >= 0.6 is 23.4 Å². The molecule has 0 aromatic heterocycles. The number of hydrogen-bond acceptors (Lipinski definition) is 5. The summed E-state index contributed by atoms with van der Waals surface area (Å²) in [5, 5.41) is 9.53. The van der Waals surface area contributed by atoms with Gasteiger partial charge in [0.15, 0.2) is 0 Å². The largest absolute Gasteiger partial charge is 0.494 e. The second-order valence-corrected chi connectivity index (χ2v) is 9.98. The lowest BCUT2D eigenvalue weighted by Crippen LogP contribution is -2.33. The Bertz CT molecular complexity index is 776. The maximum atomic E-state index is 9.53. The van der Waals surface area contributed by atoms with E-state index in [0.717, 1.165) is 31.1 Å². The normalized spacial score (nSPS) is 16.1. The average Bonchev–Trinajstić information content (AvgIpc) is 2.81. The predicted molar refractivity (Wildman–Crippen MR) is 131 cm³/mol. The van der Waals surface area contributed by atoms with Gasteiger partial charge in [0, 0.05) is 36.6 Å². The van der Waals surface area contributed by atoms with Gasteiger partial charge in [-0.1, -0.05) is 38.1 Å². The lowest BCUT2D eigenvalue weighted by atomic mass is 9.78. The van der Waals surface area contributed by atoms with Gasteiger partial charge in [0.1, 0.15) is 24.2 Å². The van der Waals surface area contributed by atoms with E-state index >= 15 is 0 Å². The fourth-order valence-electron chi connectivity index (χ4n) is 3.64. The van der Waals surface area contributed by atoms with Crippen LogP contribution in [0.5, 0.6) is 11.5 Å². The van der Waals surface area contributed by atoms with E-state index in [2.05, 4.69) is 55.1 Å². The first kappa shape index (κ1) is 24.2. The number of thioether (sulfide) groups is 1. The van der Waals surface area contributed by atoms with Crippen molar-refractivity contribution in [3.63, 3.8) is 0 Å². The van der Waals surface area contributed by atoms with E-state index in [-0.39, 0.29) is 17.9 Å². The molecule has 0 amide bonds. The molecule has 1 saturated heterocycles. The average molecular weight is 464 g/mol. The van der Waals surface area contributed by atoms with E-state index in [4.69, 9.17) is 21.1 Å². The molecule has 31 heavy (non-hydrogen) atoms. The van der Waals surface area contributed by atoms with Crippen LogP contribution < -0.4 is 9.47 Å². The van der Waals surface area contributed by atoms with Crippen LogP contribution in [0, 0.1) is 0 Å².